The third-order valence-electron chi connectivity index (χ3n) is 3.74. The summed E-state index contributed by atoms with van der Waals surface area (Å²) in [5, 5.41) is 12.8. The number of benzene rings is 2. The van der Waals surface area contributed by atoms with Crippen LogP contribution in [0.5, 0.6) is 0 Å². The van der Waals surface area contributed by atoms with E-state index < -0.39 is 0 Å². The van der Waals surface area contributed by atoms with Crippen molar-refractivity contribution in [2.45, 2.75) is 17.9 Å². The van der Waals surface area contributed by atoms with E-state index in [0.29, 0.717) is 16.9 Å². The summed E-state index contributed by atoms with van der Waals surface area (Å²) in [6, 6.07) is 19.8. The van der Waals surface area contributed by atoms with Gasteiger partial charge in [-0.15, -0.1) is 10.2 Å². The van der Waals surface area contributed by atoms with Gasteiger partial charge < -0.3 is 8.94 Å². The second-order valence-electron chi connectivity index (χ2n) is 5.53. The van der Waals surface area contributed by atoms with E-state index in [1.807, 2.05) is 67.6 Å². The number of aromatic nitrogens is 3. The van der Waals surface area contributed by atoms with Crippen molar-refractivity contribution in [3.63, 3.8) is 0 Å². The van der Waals surface area contributed by atoms with Crippen molar-refractivity contribution in [3.8, 4) is 22.8 Å². The van der Waals surface area contributed by atoms with Gasteiger partial charge in [0, 0.05) is 22.9 Å². The Balaban J connectivity index is 1.44. The molecule has 124 valence electrons. The van der Waals surface area contributed by atoms with Crippen molar-refractivity contribution in [2.24, 2.45) is 0 Å². The molecule has 2 aromatic heterocycles. The summed E-state index contributed by atoms with van der Waals surface area (Å²) in [7, 11) is 0. The third kappa shape index (κ3) is 3.49. The number of hydrogen-bond donors (Lipinski definition) is 0. The van der Waals surface area contributed by atoms with Gasteiger partial charge in [0.15, 0.2) is 5.76 Å². The summed E-state index contributed by atoms with van der Waals surface area (Å²) in [6.07, 6.45) is 0. The molecule has 0 aliphatic heterocycles. The van der Waals surface area contributed by atoms with E-state index in [4.69, 9.17) is 8.94 Å². The molecular weight excluding hydrogens is 334 g/mol. The molecule has 0 amide bonds. The first-order valence-corrected chi connectivity index (χ1v) is 8.81. The van der Waals surface area contributed by atoms with Crippen LogP contribution in [0, 0.1) is 6.92 Å². The Morgan fingerprint density at radius 2 is 1.76 bits per heavy atom. The maximum Gasteiger partial charge on any atom is 0.277 e. The minimum Gasteiger partial charge on any atom is -0.411 e. The summed E-state index contributed by atoms with van der Waals surface area (Å²) in [4.78, 5) is 0. The van der Waals surface area contributed by atoms with E-state index in [1.165, 1.54) is 11.8 Å². The molecule has 4 rings (SSSR count). The maximum absolute atomic E-state index is 5.75. The third-order valence-corrected chi connectivity index (χ3v) is 4.59. The topological polar surface area (TPSA) is 65.0 Å². The molecule has 0 saturated carbocycles. The van der Waals surface area contributed by atoms with E-state index in [0.717, 1.165) is 28.1 Å². The molecule has 4 aromatic rings. The zero-order chi connectivity index (χ0) is 17.1. The van der Waals surface area contributed by atoms with Crippen molar-refractivity contribution in [1.82, 2.24) is 15.4 Å². The molecule has 0 aliphatic rings. The van der Waals surface area contributed by atoms with E-state index in [9.17, 15) is 0 Å². The standard InChI is InChI=1S/C19H15N3O2S/c1-13-7-5-6-10-16(13)18-20-21-19(23-18)25-12-15-11-17(24-22-15)14-8-3-2-4-9-14/h2-11H,12H2,1H3. The number of rotatable bonds is 5. The highest BCUT2D eigenvalue weighted by Gasteiger charge is 2.12. The molecule has 0 aliphatic carbocycles. The average molecular weight is 349 g/mol. The van der Waals surface area contributed by atoms with Crippen LogP contribution in [0.2, 0.25) is 0 Å². The molecule has 0 spiro atoms. The summed E-state index contributed by atoms with van der Waals surface area (Å²) >= 11 is 1.44. The Hall–Kier alpha value is -2.86. The first kappa shape index (κ1) is 15.7. The van der Waals surface area contributed by atoms with E-state index in [-0.39, 0.29) is 0 Å². The summed E-state index contributed by atoms with van der Waals surface area (Å²) in [6.45, 7) is 2.02. The van der Waals surface area contributed by atoms with Crippen LogP contribution in [0.25, 0.3) is 22.8 Å². The molecule has 0 N–H and O–H groups in total. The van der Waals surface area contributed by atoms with E-state index >= 15 is 0 Å². The van der Waals surface area contributed by atoms with Crippen LogP contribution in [0.15, 0.2) is 74.8 Å². The Morgan fingerprint density at radius 3 is 2.60 bits per heavy atom. The summed E-state index contributed by atoms with van der Waals surface area (Å²) in [5.74, 6) is 1.89. The molecule has 0 atom stereocenters. The molecule has 0 fully saturated rings. The van der Waals surface area contributed by atoms with E-state index in [2.05, 4.69) is 15.4 Å². The second-order valence-corrected chi connectivity index (χ2v) is 6.45. The molecular formula is C19H15N3O2S. The smallest absolute Gasteiger partial charge is 0.277 e. The lowest BCUT2D eigenvalue weighted by atomic mass is 10.1. The molecule has 0 saturated heterocycles. The minimum absolute atomic E-state index is 0.516. The Labute approximate surface area is 149 Å². The normalized spacial score (nSPS) is 10.9. The van der Waals surface area contributed by atoms with Crippen LogP contribution >= 0.6 is 11.8 Å². The minimum atomic E-state index is 0.516. The molecule has 0 bridgehead atoms. The highest BCUT2D eigenvalue weighted by Crippen LogP contribution is 2.28. The highest BCUT2D eigenvalue weighted by atomic mass is 32.2. The van der Waals surface area contributed by atoms with Crippen molar-refractivity contribution >= 4 is 11.8 Å². The zero-order valence-electron chi connectivity index (χ0n) is 13.5. The van der Waals surface area contributed by atoms with Gasteiger partial charge in [-0.3, -0.25) is 0 Å². The Bertz CT molecular complexity index is 979. The zero-order valence-corrected chi connectivity index (χ0v) is 14.4. The largest absolute Gasteiger partial charge is 0.411 e. The van der Waals surface area contributed by atoms with Gasteiger partial charge in [0.05, 0.1) is 5.69 Å². The lowest BCUT2D eigenvalue weighted by Crippen LogP contribution is -1.81. The summed E-state index contributed by atoms with van der Waals surface area (Å²) < 4.78 is 11.1. The van der Waals surface area contributed by atoms with Crippen molar-refractivity contribution < 1.29 is 8.94 Å². The number of nitrogens with zero attached hydrogens (tertiary/aromatic N) is 3. The van der Waals surface area contributed by atoms with Crippen LogP contribution in [0.1, 0.15) is 11.3 Å². The molecule has 2 aromatic carbocycles. The average Bonchev–Trinajstić information content (AvgIpc) is 3.31. The molecule has 0 unspecified atom stereocenters. The van der Waals surface area contributed by atoms with Crippen LogP contribution in [0.4, 0.5) is 0 Å². The van der Waals surface area contributed by atoms with Gasteiger partial charge in [-0.25, -0.2) is 0 Å². The van der Waals surface area contributed by atoms with Crippen LogP contribution < -0.4 is 0 Å². The first-order chi connectivity index (χ1) is 12.3. The fraction of sp³-hybridized carbons (Fsp3) is 0.105. The van der Waals surface area contributed by atoms with Gasteiger partial charge in [0.25, 0.3) is 5.22 Å². The number of thioether (sulfide) groups is 1. The highest BCUT2D eigenvalue weighted by molar-refractivity contribution is 7.98. The second kappa shape index (κ2) is 6.94. The van der Waals surface area contributed by atoms with Crippen LogP contribution in [0.3, 0.4) is 0 Å². The first-order valence-electron chi connectivity index (χ1n) is 7.83. The predicted molar refractivity (Wildman–Crippen MR) is 96.0 cm³/mol. The fourth-order valence-electron chi connectivity index (χ4n) is 2.44. The fourth-order valence-corrected chi connectivity index (χ4v) is 3.09. The van der Waals surface area contributed by atoms with Crippen LogP contribution in [-0.4, -0.2) is 15.4 Å². The quantitative estimate of drug-likeness (QED) is 0.473. The van der Waals surface area contributed by atoms with Gasteiger partial charge in [-0.1, -0.05) is 65.4 Å². The Kier molecular flexibility index (Phi) is 4.35. The monoisotopic (exact) mass is 349 g/mol. The molecule has 2 heterocycles. The molecule has 6 heteroatoms. The summed E-state index contributed by atoms with van der Waals surface area (Å²) in [5.41, 5.74) is 3.90. The van der Waals surface area contributed by atoms with Crippen LogP contribution in [-0.2, 0) is 5.75 Å². The van der Waals surface area contributed by atoms with E-state index in [1.54, 1.807) is 0 Å². The number of hydrogen-bond acceptors (Lipinski definition) is 6. The maximum atomic E-state index is 5.75. The van der Waals surface area contributed by atoms with Gasteiger partial charge in [-0.05, 0) is 18.6 Å². The lowest BCUT2D eigenvalue weighted by molar-refractivity contribution is 0.426. The number of aryl methyl sites for hydroxylation is 1. The molecule has 25 heavy (non-hydrogen) atoms. The van der Waals surface area contributed by atoms with Gasteiger partial charge in [0.2, 0.25) is 5.89 Å². The van der Waals surface area contributed by atoms with Gasteiger partial charge >= 0.3 is 0 Å². The van der Waals surface area contributed by atoms with Crippen molar-refractivity contribution in [2.75, 3.05) is 0 Å². The van der Waals surface area contributed by atoms with Gasteiger partial charge in [0.1, 0.15) is 0 Å². The molecule has 5 nitrogen and oxygen atoms in total. The lowest BCUT2D eigenvalue weighted by Gasteiger charge is -1.98. The molecule has 0 radical (unpaired) electrons. The van der Waals surface area contributed by atoms with Gasteiger partial charge in [-0.2, -0.15) is 0 Å². The van der Waals surface area contributed by atoms with Crippen molar-refractivity contribution in [3.05, 3.63) is 71.9 Å². The predicted octanol–water partition coefficient (Wildman–Crippen LogP) is 4.99. The van der Waals surface area contributed by atoms with Crippen molar-refractivity contribution in [1.29, 1.82) is 0 Å². The Morgan fingerprint density at radius 1 is 0.960 bits per heavy atom. The SMILES string of the molecule is Cc1ccccc1-c1nnc(SCc2cc(-c3ccccc3)on2)o1.